The molecule has 1 unspecified atom stereocenters. The molecule has 7 rings (SSSR count). The first-order valence-corrected chi connectivity index (χ1v) is 45.3. The molecule has 3 aromatic heterocycles. The molecule has 1 aliphatic rings. The van der Waals surface area contributed by atoms with Gasteiger partial charge >= 0.3 is 11.9 Å². The lowest BCUT2D eigenvalue weighted by Crippen LogP contribution is -2.63. The number of H-pyrrole nitrogens is 2. The van der Waals surface area contributed by atoms with Crippen LogP contribution in [-0.4, -0.2) is 257 Å². The van der Waals surface area contributed by atoms with Gasteiger partial charge in [0.25, 0.3) is 0 Å². The second-order valence-electron chi connectivity index (χ2n) is 31.9. The van der Waals surface area contributed by atoms with E-state index in [1.807, 2.05) is 0 Å². The first-order chi connectivity index (χ1) is 61.7. The fourth-order valence-corrected chi connectivity index (χ4v) is 16.7. The summed E-state index contributed by atoms with van der Waals surface area (Å²) in [6.07, 6.45) is -1.13. The molecule has 1 fully saturated rings. The van der Waals surface area contributed by atoms with Crippen LogP contribution in [0.2, 0.25) is 0 Å². The Labute approximate surface area is 759 Å². The molecular formula is C85H114N20O22S3. The standard InChI is InChI=1S/C85H114N20O22S3/c1-43(2)30-59-81(123)104-70(44(3)4)84(126)101-62(33-50-37-89-55-20-12-11-19-54(50)55)78(120)103-66(83(125)105-71(46(6)106)85(127)100-61(31-48-16-9-8-10-17-48)76(118)96-58(72(87)114)35-53-18-15-29-128-53)41-130-129-40-65(102-80(122)64(36-69(112)113)93-47(7)107)82(124)92-45(5)73(115)97-60(32-49-22-24-52(108)25-23-49)77(119)99-63(34-51-38-88-42-91-51)79(121)95-56(21-13-14-28-86)74(116)90-39-67(109)94-57(75(117)98-59)26-27-68(110)111/h8-12,15-20,22-25,29,37-38,42-46,56-66,70-71,89,106,108H,13-14,21,26-28,30-36,39-41,86H2,1-7H3,(H2,87,114)(H,88,91)(H,90,116)(H,92,124)(H,93,107)(H,94,109)(H,95,121)(H,96,118)(H,97,115)(H,98,117)(H,99,119)(H,100,127)(H,101,126)(H,102,122)(H,103,120)(H,104,123)(H,105,125)(H,110,111)(H,112,113)/t45-,46+,56-,57-,58?,59-,60-,61-,62-,63-,64-,65-,66-,70-,71-/m0/s1. The van der Waals surface area contributed by atoms with Gasteiger partial charge in [-0.15, -0.1) is 11.3 Å². The third kappa shape index (κ3) is 34.2. The van der Waals surface area contributed by atoms with Crippen molar-refractivity contribution in [3.05, 3.63) is 142 Å². The number of thiophene rings is 1. The third-order valence-corrected chi connectivity index (χ3v) is 23.8. The minimum absolute atomic E-state index is 0.0326. The van der Waals surface area contributed by atoms with E-state index in [9.17, 15) is 92.3 Å². The molecule has 1 aliphatic heterocycles. The van der Waals surface area contributed by atoms with Gasteiger partial charge in [-0.1, -0.05) is 116 Å². The van der Waals surface area contributed by atoms with Gasteiger partial charge in [-0.05, 0) is 111 Å². The van der Waals surface area contributed by atoms with Crippen molar-refractivity contribution in [3.63, 3.8) is 0 Å². The van der Waals surface area contributed by atoms with Crippen molar-refractivity contribution in [2.75, 3.05) is 24.6 Å². The second kappa shape index (κ2) is 51.8. The fourth-order valence-electron chi connectivity index (χ4n) is 13.6. The van der Waals surface area contributed by atoms with Gasteiger partial charge in [0.15, 0.2) is 0 Å². The van der Waals surface area contributed by atoms with Gasteiger partial charge in [-0.2, -0.15) is 0 Å². The van der Waals surface area contributed by atoms with Crippen LogP contribution in [0.25, 0.3) is 10.9 Å². The molecule has 1 saturated heterocycles. The van der Waals surface area contributed by atoms with E-state index in [1.54, 1.807) is 92.2 Å². The summed E-state index contributed by atoms with van der Waals surface area (Å²) < 4.78 is 0. The number of carbonyl (C=O) groups is 18. The monoisotopic (exact) mass is 1860 g/mol. The van der Waals surface area contributed by atoms with Crippen molar-refractivity contribution >= 4 is 150 Å². The zero-order valence-electron chi connectivity index (χ0n) is 72.6. The molecule has 0 bridgehead atoms. The number of carbonyl (C=O) groups excluding carboxylic acids is 16. The number of unbranched alkanes of at least 4 members (excludes halogenated alkanes) is 1. The Kier molecular flexibility index (Phi) is 41.5. The van der Waals surface area contributed by atoms with E-state index < -0.39 is 246 Å². The van der Waals surface area contributed by atoms with E-state index >= 15 is 14.4 Å². The average Bonchev–Trinajstić information content (AvgIpc) is 1.66. The maximum absolute atomic E-state index is 15.6. The van der Waals surface area contributed by atoms with E-state index in [0.717, 1.165) is 13.8 Å². The Morgan fingerprint density at radius 1 is 0.562 bits per heavy atom. The number of fused-ring (bicyclic) bond motifs is 1. The van der Waals surface area contributed by atoms with Crippen LogP contribution >= 0.6 is 32.9 Å². The number of benzene rings is 3. The van der Waals surface area contributed by atoms with Gasteiger partial charge in [-0.25, -0.2) is 4.98 Å². The number of para-hydroxylation sites is 1. The number of aliphatic hydroxyl groups excluding tert-OH is 1. The minimum atomic E-state index is -2.00. The molecule has 3 aromatic carbocycles. The summed E-state index contributed by atoms with van der Waals surface area (Å²) in [7, 11) is 1.41. The number of carboxylic acid groups (broad SMARTS) is 2. The highest BCUT2D eigenvalue weighted by Gasteiger charge is 2.40. The number of imidazole rings is 1. The number of aromatic amines is 2. The maximum Gasteiger partial charge on any atom is 0.305 e. The van der Waals surface area contributed by atoms with Crippen LogP contribution < -0.4 is 91.2 Å². The van der Waals surface area contributed by atoms with Crippen molar-refractivity contribution in [1.82, 2.24) is 94.7 Å². The highest BCUT2D eigenvalue weighted by atomic mass is 33.1. The number of nitrogens with zero attached hydrogens (tertiary/aromatic N) is 1. The molecule has 0 spiro atoms. The van der Waals surface area contributed by atoms with Crippen LogP contribution in [0.15, 0.2) is 115 Å². The smallest absolute Gasteiger partial charge is 0.305 e. The fraction of sp³-hybridized carbons (Fsp3) is 0.471. The zero-order chi connectivity index (χ0) is 95.4. The molecule has 42 nitrogen and oxygen atoms in total. The van der Waals surface area contributed by atoms with Crippen LogP contribution in [0, 0.1) is 11.8 Å². The number of nitrogens with one attached hydrogen (secondary N) is 17. The number of hydrogen-bond acceptors (Lipinski definition) is 25. The third-order valence-electron chi connectivity index (χ3n) is 20.5. The molecule has 130 heavy (non-hydrogen) atoms. The average molecular weight is 1860 g/mol. The van der Waals surface area contributed by atoms with Crippen molar-refractivity contribution in [2.24, 2.45) is 23.3 Å². The van der Waals surface area contributed by atoms with E-state index in [1.165, 1.54) is 68.9 Å². The Morgan fingerprint density at radius 2 is 1.18 bits per heavy atom. The first kappa shape index (κ1) is 104. The number of aromatic nitrogens is 3. The lowest BCUT2D eigenvalue weighted by atomic mass is 9.98. The van der Waals surface area contributed by atoms with E-state index in [2.05, 4.69) is 94.7 Å². The quantitative estimate of drug-likeness (QED) is 0.0150. The summed E-state index contributed by atoms with van der Waals surface area (Å²) in [5, 5.41) is 81.8. The molecular weight excluding hydrogens is 1750 g/mol. The second-order valence-corrected chi connectivity index (χ2v) is 35.5. The van der Waals surface area contributed by atoms with Crippen molar-refractivity contribution in [2.45, 2.75) is 216 Å². The number of phenolic OH excluding ortho intramolecular Hbond substituents is 1. The number of phenols is 1. The highest BCUT2D eigenvalue weighted by molar-refractivity contribution is 8.76. The zero-order valence-corrected chi connectivity index (χ0v) is 75.0. The van der Waals surface area contributed by atoms with Gasteiger partial charge in [0.05, 0.1) is 25.4 Å². The number of aliphatic carboxylic acids is 2. The number of primary amides is 1. The molecule has 6 aromatic rings. The topological polar surface area (TPSA) is 665 Å². The number of carboxylic acids is 2. The molecule has 4 heterocycles. The van der Waals surface area contributed by atoms with Gasteiger partial charge in [0.2, 0.25) is 94.5 Å². The Morgan fingerprint density at radius 3 is 1.81 bits per heavy atom. The highest BCUT2D eigenvalue weighted by Crippen LogP contribution is 2.26. The molecule has 0 aliphatic carbocycles. The van der Waals surface area contributed by atoms with Crippen LogP contribution in [0.5, 0.6) is 5.75 Å². The largest absolute Gasteiger partial charge is 0.508 e. The molecule has 25 N–H and O–H groups in total. The summed E-state index contributed by atoms with van der Waals surface area (Å²) in [4.78, 5) is 267. The first-order valence-electron chi connectivity index (χ1n) is 42.0. The Balaban J connectivity index is 1.34. The predicted octanol–water partition coefficient (Wildman–Crippen LogP) is -2.45. The molecule has 0 saturated carbocycles. The summed E-state index contributed by atoms with van der Waals surface area (Å²) in [6, 6.07) is 0.406. The number of nitrogens with two attached hydrogens (primary N) is 2. The lowest BCUT2D eigenvalue weighted by molar-refractivity contribution is -0.141. The lowest BCUT2D eigenvalue weighted by Gasteiger charge is -2.30. The number of amides is 16. The maximum atomic E-state index is 15.6. The van der Waals surface area contributed by atoms with E-state index in [-0.39, 0.29) is 69.4 Å². The van der Waals surface area contributed by atoms with Gasteiger partial charge < -0.3 is 122 Å². The molecule has 15 atom stereocenters. The van der Waals surface area contributed by atoms with E-state index in [0.29, 0.717) is 60.5 Å². The Bertz CT molecular complexity index is 4890. The van der Waals surface area contributed by atoms with Crippen LogP contribution in [-0.2, 0) is 118 Å². The number of aromatic hydroxyl groups is 1. The van der Waals surface area contributed by atoms with Crippen LogP contribution in [0.3, 0.4) is 0 Å². The van der Waals surface area contributed by atoms with Crippen LogP contribution in [0.1, 0.15) is 121 Å². The van der Waals surface area contributed by atoms with Gasteiger partial charge in [0.1, 0.15) is 90.3 Å². The van der Waals surface area contributed by atoms with Gasteiger partial charge in [-0.3, -0.25) is 86.3 Å². The Hall–Kier alpha value is -13.0. The predicted molar refractivity (Wildman–Crippen MR) is 478 cm³/mol. The molecule has 704 valence electrons. The van der Waals surface area contributed by atoms with Crippen molar-refractivity contribution < 1.29 is 107 Å². The molecule has 45 heteroatoms. The van der Waals surface area contributed by atoms with Crippen molar-refractivity contribution in [1.29, 1.82) is 0 Å². The van der Waals surface area contributed by atoms with E-state index in [4.69, 9.17) is 11.5 Å². The summed E-state index contributed by atoms with van der Waals surface area (Å²) in [5.74, 6) is -22.6. The summed E-state index contributed by atoms with van der Waals surface area (Å²) in [5.41, 5.74) is 13.7. The molecule has 16 amide bonds. The summed E-state index contributed by atoms with van der Waals surface area (Å²) in [6.45, 7) is 8.96. The number of hydrogen-bond donors (Lipinski definition) is 23. The normalized spacial score (nSPS) is 21.4. The van der Waals surface area contributed by atoms with Crippen LogP contribution in [0.4, 0.5) is 0 Å². The molecule has 0 radical (unpaired) electrons. The van der Waals surface area contributed by atoms with Gasteiger partial charge in [0, 0.05) is 90.8 Å². The number of aliphatic hydroxyl groups is 1. The number of rotatable bonds is 33. The SMILES string of the molecule is CC(=O)N[C@@H](CC(=O)O)C(=O)N[C@H]1CSSC[C@@H](C(=O)N[C@H](C(=O)N[C@@H](Cc2ccccc2)C(=O)NC(Cc2cccs2)C(N)=O)[C@@H](C)O)NC(=O)[C@H](Cc2c[nH]c3ccccc23)NC(=O)[C@H](C(C)C)NC(=O)[C@H](CC(C)C)NC(=O)[C@H](CCC(=O)O)NC(=O)CNC(=O)[C@H](CCCCN)NC(=O)[C@H](Cc2cnc[nH]2)NC(=O)[C@H](Cc2ccc(O)cc2)NC(=O)[C@H](C)NC1=O. The van der Waals surface area contributed by atoms with Crippen molar-refractivity contribution in [3.8, 4) is 5.75 Å². The summed E-state index contributed by atoms with van der Waals surface area (Å²) >= 11 is 1.28. The minimum Gasteiger partial charge on any atom is -0.508 e.